The first kappa shape index (κ1) is 19.9. The van der Waals surface area contributed by atoms with E-state index >= 15 is 0 Å². The maximum Gasteiger partial charge on any atom is 0.312 e. The van der Waals surface area contributed by atoms with Gasteiger partial charge in [0.2, 0.25) is 11.8 Å². The van der Waals surface area contributed by atoms with Crippen molar-refractivity contribution in [1.82, 2.24) is 4.90 Å². The maximum atomic E-state index is 12.4. The lowest BCUT2D eigenvalue weighted by atomic mass is 10.1. The molecule has 1 saturated carbocycles. The van der Waals surface area contributed by atoms with Gasteiger partial charge in [-0.3, -0.25) is 19.2 Å². The largest absolute Gasteiger partial charge is 0.452 e. The average Bonchev–Trinajstić information content (AvgIpc) is 3.31. The van der Waals surface area contributed by atoms with Crippen LogP contribution in [0.5, 0.6) is 0 Å². The molecule has 0 spiro atoms. The molecule has 0 bridgehead atoms. The molecular weight excluding hydrogens is 362 g/mol. The Labute approximate surface area is 163 Å². The van der Waals surface area contributed by atoms with Gasteiger partial charge in [-0.15, -0.1) is 0 Å². The lowest BCUT2D eigenvalue weighted by Gasteiger charge is -2.24. The zero-order valence-electron chi connectivity index (χ0n) is 15.8. The van der Waals surface area contributed by atoms with Crippen LogP contribution >= 0.6 is 0 Å². The van der Waals surface area contributed by atoms with E-state index < -0.39 is 29.8 Å². The van der Waals surface area contributed by atoms with E-state index in [1.807, 2.05) is 0 Å². The zero-order chi connectivity index (χ0) is 20.3. The molecule has 1 heterocycles. The van der Waals surface area contributed by atoms with Crippen LogP contribution in [0.1, 0.15) is 49.4 Å². The minimum atomic E-state index is -1.00. The average molecular weight is 387 g/mol. The predicted molar refractivity (Wildman–Crippen MR) is 101 cm³/mol. The third-order valence-corrected chi connectivity index (χ3v) is 5.36. The molecule has 8 heteroatoms. The van der Waals surface area contributed by atoms with Crippen LogP contribution in [-0.4, -0.2) is 47.3 Å². The highest BCUT2D eigenvalue weighted by molar-refractivity contribution is 5.97. The van der Waals surface area contributed by atoms with E-state index in [2.05, 4.69) is 5.32 Å². The standard InChI is InChI=1S/C20H25N3O5/c1-12(19(26)22-15-8-6-13(7-9-15)18(21)25)28-20(27)14-10-17(24)23(11-14)16-4-2-3-5-16/h6-9,12,14,16H,2-5,10-11H2,1H3,(H2,21,25)(H,22,26). The second-order valence-corrected chi connectivity index (χ2v) is 7.40. The van der Waals surface area contributed by atoms with Gasteiger partial charge in [0.15, 0.2) is 6.10 Å². The molecule has 150 valence electrons. The van der Waals surface area contributed by atoms with Crippen LogP contribution in [0.4, 0.5) is 5.69 Å². The van der Waals surface area contributed by atoms with Crippen LogP contribution in [0, 0.1) is 5.92 Å². The molecule has 3 amide bonds. The van der Waals surface area contributed by atoms with Gasteiger partial charge in [0, 0.05) is 30.3 Å². The Balaban J connectivity index is 1.51. The molecule has 3 rings (SSSR count). The number of nitrogens with one attached hydrogen (secondary N) is 1. The van der Waals surface area contributed by atoms with Crippen LogP contribution in [0.3, 0.4) is 0 Å². The van der Waals surface area contributed by atoms with Crippen molar-refractivity contribution >= 4 is 29.4 Å². The number of likely N-dealkylation sites (tertiary alicyclic amines) is 1. The fraction of sp³-hybridized carbons (Fsp3) is 0.500. The van der Waals surface area contributed by atoms with E-state index in [0.29, 0.717) is 17.8 Å². The Morgan fingerprint density at radius 3 is 2.43 bits per heavy atom. The molecule has 28 heavy (non-hydrogen) atoms. The number of ether oxygens (including phenoxy) is 1. The van der Waals surface area contributed by atoms with Crippen LogP contribution in [-0.2, 0) is 19.1 Å². The molecule has 3 N–H and O–H groups in total. The van der Waals surface area contributed by atoms with Crippen LogP contribution in [0.25, 0.3) is 0 Å². The van der Waals surface area contributed by atoms with Gasteiger partial charge >= 0.3 is 5.97 Å². The molecule has 1 aromatic rings. The number of amides is 3. The topological polar surface area (TPSA) is 119 Å². The summed E-state index contributed by atoms with van der Waals surface area (Å²) in [6.45, 7) is 1.85. The van der Waals surface area contributed by atoms with Gasteiger partial charge in [-0.1, -0.05) is 12.8 Å². The molecule has 2 fully saturated rings. The number of anilines is 1. The summed E-state index contributed by atoms with van der Waals surface area (Å²) in [6, 6.07) is 6.31. The molecule has 0 radical (unpaired) electrons. The predicted octanol–water partition coefficient (Wildman–Crippen LogP) is 1.45. The number of nitrogens with two attached hydrogens (primary N) is 1. The monoisotopic (exact) mass is 387 g/mol. The van der Waals surface area contributed by atoms with Crippen molar-refractivity contribution in [3.05, 3.63) is 29.8 Å². The highest BCUT2D eigenvalue weighted by atomic mass is 16.5. The van der Waals surface area contributed by atoms with Gasteiger partial charge in [-0.2, -0.15) is 0 Å². The van der Waals surface area contributed by atoms with E-state index in [-0.39, 0.29) is 18.4 Å². The van der Waals surface area contributed by atoms with Crippen molar-refractivity contribution in [2.75, 3.05) is 11.9 Å². The third kappa shape index (κ3) is 4.49. The zero-order valence-corrected chi connectivity index (χ0v) is 15.8. The second-order valence-electron chi connectivity index (χ2n) is 7.40. The number of carbonyl (C=O) groups excluding carboxylic acids is 4. The molecule has 0 aromatic heterocycles. The lowest BCUT2D eigenvalue weighted by Crippen LogP contribution is -2.36. The van der Waals surface area contributed by atoms with Crippen molar-refractivity contribution in [2.24, 2.45) is 11.7 Å². The number of esters is 1. The van der Waals surface area contributed by atoms with Gasteiger partial charge in [-0.25, -0.2) is 0 Å². The Morgan fingerprint density at radius 1 is 1.18 bits per heavy atom. The van der Waals surface area contributed by atoms with Crippen molar-refractivity contribution < 1.29 is 23.9 Å². The van der Waals surface area contributed by atoms with E-state index in [0.717, 1.165) is 25.7 Å². The van der Waals surface area contributed by atoms with Gasteiger partial charge in [0.1, 0.15) is 0 Å². The van der Waals surface area contributed by atoms with Gasteiger partial charge in [-0.05, 0) is 44.0 Å². The first-order chi connectivity index (χ1) is 13.3. The Hall–Kier alpha value is -2.90. The molecule has 1 aliphatic heterocycles. The summed E-state index contributed by atoms with van der Waals surface area (Å²) in [4.78, 5) is 49.8. The van der Waals surface area contributed by atoms with Crippen molar-refractivity contribution in [1.29, 1.82) is 0 Å². The molecule has 2 unspecified atom stereocenters. The quantitative estimate of drug-likeness (QED) is 0.716. The molecule has 1 aliphatic carbocycles. The number of rotatable bonds is 6. The van der Waals surface area contributed by atoms with E-state index in [1.165, 1.54) is 19.1 Å². The maximum absolute atomic E-state index is 12.4. The summed E-state index contributed by atoms with van der Waals surface area (Å²) in [5, 5.41) is 2.62. The normalized spacial score (nSPS) is 20.8. The number of hydrogen-bond acceptors (Lipinski definition) is 5. The van der Waals surface area contributed by atoms with Crippen molar-refractivity contribution in [3.8, 4) is 0 Å². The van der Waals surface area contributed by atoms with Crippen LogP contribution in [0.15, 0.2) is 24.3 Å². The summed E-state index contributed by atoms with van der Waals surface area (Å²) >= 11 is 0. The molecule has 2 aliphatic rings. The second kappa shape index (κ2) is 8.41. The highest BCUT2D eigenvalue weighted by Crippen LogP contribution is 2.30. The van der Waals surface area contributed by atoms with E-state index in [1.54, 1.807) is 17.0 Å². The van der Waals surface area contributed by atoms with Gasteiger partial charge < -0.3 is 20.7 Å². The van der Waals surface area contributed by atoms with Crippen molar-refractivity contribution in [3.63, 3.8) is 0 Å². The smallest absolute Gasteiger partial charge is 0.312 e. The summed E-state index contributed by atoms with van der Waals surface area (Å²) in [5.74, 6) is -2.12. The Morgan fingerprint density at radius 2 is 1.82 bits per heavy atom. The minimum Gasteiger partial charge on any atom is -0.452 e. The van der Waals surface area contributed by atoms with E-state index in [4.69, 9.17) is 10.5 Å². The molecule has 1 saturated heterocycles. The molecule has 2 atom stereocenters. The minimum absolute atomic E-state index is 0.0134. The van der Waals surface area contributed by atoms with Crippen LogP contribution in [0.2, 0.25) is 0 Å². The van der Waals surface area contributed by atoms with E-state index in [9.17, 15) is 19.2 Å². The summed E-state index contributed by atoms with van der Waals surface area (Å²) < 4.78 is 5.29. The summed E-state index contributed by atoms with van der Waals surface area (Å²) in [5.41, 5.74) is 5.96. The van der Waals surface area contributed by atoms with Crippen molar-refractivity contribution in [2.45, 2.75) is 51.2 Å². The Bertz CT molecular complexity index is 771. The molecule has 1 aromatic carbocycles. The third-order valence-electron chi connectivity index (χ3n) is 5.36. The van der Waals surface area contributed by atoms with Gasteiger partial charge in [0.25, 0.3) is 5.91 Å². The Kier molecular flexibility index (Phi) is 5.96. The number of carbonyl (C=O) groups is 4. The fourth-order valence-electron chi connectivity index (χ4n) is 3.74. The fourth-order valence-corrected chi connectivity index (χ4v) is 3.74. The SMILES string of the molecule is CC(OC(=O)C1CC(=O)N(C2CCCC2)C1)C(=O)Nc1ccc(C(N)=O)cc1. The number of nitrogens with zero attached hydrogens (tertiary/aromatic N) is 1. The summed E-state index contributed by atoms with van der Waals surface area (Å²) in [6.07, 6.45) is 3.33. The lowest BCUT2D eigenvalue weighted by molar-refractivity contribution is -0.157. The van der Waals surface area contributed by atoms with Gasteiger partial charge in [0.05, 0.1) is 5.92 Å². The van der Waals surface area contributed by atoms with Crippen LogP contribution < -0.4 is 11.1 Å². The first-order valence-corrected chi connectivity index (χ1v) is 9.56. The molecular formula is C20H25N3O5. The first-order valence-electron chi connectivity index (χ1n) is 9.56. The summed E-state index contributed by atoms with van der Waals surface area (Å²) in [7, 11) is 0. The highest BCUT2D eigenvalue weighted by Gasteiger charge is 2.40. The molecule has 8 nitrogen and oxygen atoms in total. The number of primary amides is 1. The number of hydrogen-bond donors (Lipinski definition) is 2. The number of benzene rings is 1.